The summed E-state index contributed by atoms with van der Waals surface area (Å²) >= 11 is 0. The number of hydroxylamine groups is 1. The third-order valence-electron chi connectivity index (χ3n) is 2.12. The third kappa shape index (κ3) is 2.23. The molecule has 0 radical (unpaired) electrons. The summed E-state index contributed by atoms with van der Waals surface area (Å²) in [4.78, 5) is 0. The normalized spacial score (nSPS) is 21.2. The van der Waals surface area contributed by atoms with Gasteiger partial charge in [-0.05, 0) is 12.8 Å². The van der Waals surface area contributed by atoms with Crippen LogP contribution < -0.4 is 0 Å². The Balaban J connectivity index is 2.46. The Kier molecular flexibility index (Phi) is 2.91. The molecule has 0 heterocycles. The molecule has 60 valence electrons. The number of rotatable bonds is 1. The molecule has 1 saturated carbocycles. The molecule has 1 aliphatic rings. The van der Waals surface area contributed by atoms with Gasteiger partial charge in [0.05, 0.1) is 0 Å². The van der Waals surface area contributed by atoms with Crippen molar-refractivity contribution < 1.29 is 4.74 Å². The summed E-state index contributed by atoms with van der Waals surface area (Å²) < 4.78 is 0.805. The fraction of sp³-hybridized carbons (Fsp3) is 0.750. The van der Waals surface area contributed by atoms with Crippen molar-refractivity contribution in [3.05, 3.63) is 5.21 Å². The quantitative estimate of drug-likeness (QED) is 0.247. The number of nitrogens with zero attached hydrogens (tertiary/aromatic N) is 2. The second-order valence-corrected chi connectivity index (χ2v) is 2.91. The third-order valence-corrected chi connectivity index (χ3v) is 2.12. The van der Waals surface area contributed by atoms with Crippen molar-refractivity contribution in [2.75, 3.05) is 0 Å². The first kappa shape index (κ1) is 8.06. The minimum Gasteiger partial charge on any atom is -0.623 e. The molecule has 0 atom stereocenters. The number of nitriles is 1. The van der Waals surface area contributed by atoms with Gasteiger partial charge in [0, 0.05) is 12.8 Å². The van der Waals surface area contributed by atoms with Crippen LogP contribution in [0.2, 0.25) is 0 Å². The molecule has 0 amide bonds. The van der Waals surface area contributed by atoms with Crippen LogP contribution in [-0.4, -0.2) is 17.0 Å². The maximum absolute atomic E-state index is 11.0. The van der Waals surface area contributed by atoms with Gasteiger partial charge in [0.1, 0.15) is 0 Å². The SMILES string of the molecule is N#C/C=[N+](\[O-])C1CCCCC1. The second kappa shape index (κ2) is 3.97. The van der Waals surface area contributed by atoms with E-state index in [-0.39, 0.29) is 6.04 Å². The van der Waals surface area contributed by atoms with Crippen LogP contribution in [0.3, 0.4) is 0 Å². The first-order valence-electron chi connectivity index (χ1n) is 4.03. The molecule has 1 fully saturated rings. The zero-order valence-corrected chi connectivity index (χ0v) is 6.49. The fourth-order valence-corrected chi connectivity index (χ4v) is 1.50. The average molecular weight is 152 g/mol. The van der Waals surface area contributed by atoms with Crippen LogP contribution in [0.25, 0.3) is 0 Å². The van der Waals surface area contributed by atoms with E-state index in [1.165, 1.54) is 6.42 Å². The predicted octanol–water partition coefficient (Wildman–Crippen LogP) is 1.42. The molecule has 3 heteroatoms. The molecule has 1 rings (SSSR count). The monoisotopic (exact) mass is 152 g/mol. The van der Waals surface area contributed by atoms with Gasteiger partial charge in [-0.3, -0.25) is 0 Å². The van der Waals surface area contributed by atoms with Crippen molar-refractivity contribution in [1.82, 2.24) is 0 Å². The van der Waals surface area contributed by atoms with Crippen molar-refractivity contribution >= 4 is 6.21 Å². The molecule has 0 bridgehead atoms. The highest BCUT2D eigenvalue weighted by molar-refractivity contribution is 5.70. The highest BCUT2D eigenvalue weighted by Crippen LogP contribution is 2.19. The lowest BCUT2D eigenvalue weighted by Gasteiger charge is -2.19. The van der Waals surface area contributed by atoms with E-state index < -0.39 is 0 Å². The zero-order chi connectivity index (χ0) is 8.10. The van der Waals surface area contributed by atoms with Crippen molar-refractivity contribution in [3.8, 4) is 6.07 Å². The molecule has 1 aliphatic carbocycles. The van der Waals surface area contributed by atoms with Crippen molar-refractivity contribution in [1.29, 1.82) is 5.26 Å². The minimum atomic E-state index is 0.0726. The summed E-state index contributed by atoms with van der Waals surface area (Å²) in [5.74, 6) is 0. The minimum absolute atomic E-state index is 0.0726. The van der Waals surface area contributed by atoms with E-state index in [1.807, 2.05) is 0 Å². The van der Waals surface area contributed by atoms with Gasteiger partial charge in [0.25, 0.3) is 6.21 Å². The van der Waals surface area contributed by atoms with Crippen LogP contribution in [0.5, 0.6) is 0 Å². The molecule has 0 unspecified atom stereocenters. The van der Waals surface area contributed by atoms with Crippen LogP contribution in [0.1, 0.15) is 32.1 Å². The van der Waals surface area contributed by atoms with Gasteiger partial charge < -0.3 is 5.21 Å². The first-order chi connectivity index (χ1) is 5.34. The molecule has 0 aliphatic heterocycles. The Morgan fingerprint density at radius 2 is 2.00 bits per heavy atom. The lowest BCUT2D eigenvalue weighted by Crippen LogP contribution is -2.24. The van der Waals surface area contributed by atoms with Crippen LogP contribution in [0.15, 0.2) is 0 Å². The summed E-state index contributed by atoms with van der Waals surface area (Å²) in [7, 11) is 0. The highest BCUT2D eigenvalue weighted by Gasteiger charge is 2.18. The molecule has 0 saturated heterocycles. The summed E-state index contributed by atoms with van der Waals surface area (Å²) in [5, 5.41) is 19.3. The van der Waals surface area contributed by atoms with Gasteiger partial charge in [-0.15, -0.1) is 0 Å². The smallest absolute Gasteiger partial charge is 0.252 e. The van der Waals surface area contributed by atoms with E-state index in [0.29, 0.717) is 0 Å². The summed E-state index contributed by atoms with van der Waals surface area (Å²) in [5.41, 5.74) is 0. The molecule has 11 heavy (non-hydrogen) atoms. The first-order valence-corrected chi connectivity index (χ1v) is 4.03. The molecule has 0 aromatic heterocycles. The van der Waals surface area contributed by atoms with E-state index in [9.17, 15) is 5.21 Å². The topological polar surface area (TPSA) is 49.9 Å². The second-order valence-electron chi connectivity index (χ2n) is 2.91. The average Bonchev–Trinajstić information content (AvgIpc) is 2.07. The van der Waals surface area contributed by atoms with Gasteiger partial charge in [-0.25, -0.2) is 0 Å². The van der Waals surface area contributed by atoms with Gasteiger partial charge in [0.2, 0.25) is 0 Å². The van der Waals surface area contributed by atoms with E-state index in [0.717, 1.165) is 36.6 Å². The van der Waals surface area contributed by atoms with Crippen LogP contribution in [0, 0.1) is 16.5 Å². The van der Waals surface area contributed by atoms with Gasteiger partial charge in [-0.2, -0.15) is 10.0 Å². The zero-order valence-electron chi connectivity index (χ0n) is 6.49. The Labute approximate surface area is 66.5 Å². The van der Waals surface area contributed by atoms with Crippen molar-refractivity contribution in [2.24, 2.45) is 0 Å². The van der Waals surface area contributed by atoms with E-state index in [1.54, 1.807) is 6.07 Å². The van der Waals surface area contributed by atoms with Gasteiger partial charge >= 0.3 is 0 Å². The van der Waals surface area contributed by atoms with Crippen LogP contribution >= 0.6 is 0 Å². The summed E-state index contributed by atoms with van der Waals surface area (Å²) in [6.45, 7) is 0. The summed E-state index contributed by atoms with van der Waals surface area (Å²) in [6.07, 6.45) is 6.45. The standard InChI is InChI=1S/C8H12N2O/c9-6-7-10(11)8-4-2-1-3-5-8/h7-8H,1-5H2/b10-7-. The molecule has 0 aromatic rings. The lowest BCUT2D eigenvalue weighted by molar-refractivity contribution is -0.500. The lowest BCUT2D eigenvalue weighted by atomic mass is 9.96. The molecular formula is C8H12N2O. The van der Waals surface area contributed by atoms with E-state index >= 15 is 0 Å². The Hall–Kier alpha value is -1.04. The maximum Gasteiger partial charge on any atom is 0.252 e. The molecule has 0 spiro atoms. The van der Waals surface area contributed by atoms with Crippen LogP contribution in [-0.2, 0) is 0 Å². The highest BCUT2D eigenvalue weighted by atomic mass is 16.5. The van der Waals surface area contributed by atoms with Gasteiger partial charge in [0.15, 0.2) is 12.1 Å². The summed E-state index contributed by atoms with van der Waals surface area (Å²) in [6, 6.07) is 1.83. The maximum atomic E-state index is 11.0. The predicted molar refractivity (Wildman–Crippen MR) is 42.2 cm³/mol. The van der Waals surface area contributed by atoms with E-state index in [2.05, 4.69) is 0 Å². The number of hydrogen-bond donors (Lipinski definition) is 0. The molecule has 0 aromatic carbocycles. The molecule has 3 nitrogen and oxygen atoms in total. The Morgan fingerprint density at radius 3 is 2.55 bits per heavy atom. The fourth-order valence-electron chi connectivity index (χ4n) is 1.50. The number of hydrogen-bond acceptors (Lipinski definition) is 2. The Bertz CT molecular complexity index is 187. The molecular weight excluding hydrogens is 140 g/mol. The van der Waals surface area contributed by atoms with Crippen molar-refractivity contribution in [3.63, 3.8) is 0 Å². The van der Waals surface area contributed by atoms with Crippen LogP contribution in [0.4, 0.5) is 0 Å². The molecule has 0 N–H and O–H groups in total. The van der Waals surface area contributed by atoms with Crippen molar-refractivity contribution in [2.45, 2.75) is 38.1 Å². The largest absolute Gasteiger partial charge is 0.623 e. The van der Waals surface area contributed by atoms with Gasteiger partial charge in [-0.1, -0.05) is 6.42 Å². The Morgan fingerprint density at radius 1 is 1.36 bits per heavy atom. The van der Waals surface area contributed by atoms with E-state index in [4.69, 9.17) is 5.26 Å².